The lowest BCUT2D eigenvalue weighted by Gasteiger charge is -2.24. The third-order valence-corrected chi connectivity index (χ3v) is 3.98. The first kappa shape index (κ1) is 13.6. The third kappa shape index (κ3) is 2.89. The van der Waals surface area contributed by atoms with E-state index < -0.39 is 0 Å². The molecule has 0 saturated heterocycles. The summed E-state index contributed by atoms with van der Waals surface area (Å²) in [6.45, 7) is 0.603. The van der Waals surface area contributed by atoms with Crippen LogP contribution < -0.4 is 11.0 Å². The summed E-state index contributed by atoms with van der Waals surface area (Å²) in [6.07, 6.45) is 3.10. The van der Waals surface area contributed by atoms with E-state index in [0.29, 0.717) is 12.5 Å². The van der Waals surface area contributed by atoms with Gasteiger partial charge in [0.1, 0.15) is 0 Å². The van der Waals surface area contributed by atoms with Gasteiger partial charge < -0.3 is 5.32 Å². The average Bonchev–Trinajstić information content (AvgIpc) is 2.84. The van der Waals surface area contributed by atoms with E-state index in [-0.39, 0.29) is 17.4 Å². The Bertz CT molecular complexity index is 716. The number of nitrogens with zero attached hydrogens (tertiary/aromatic N) is 2. The van der Waals surface area contributed by atoms with Gasteiger partial charge in [0, 0.05) is 13.6 Å². The number of aromatic amines is 1. The summed E-state index contributed by atoms with van der Waals surface area (Å²) in [7, 11) is 1.51. The van der Waals surface area contributed by atoms with Crippen LogP contribution in [0.1, 0.15) is 28.2 Å². The number of H-pyrrole nitrogens is 1. The zero-order valence-corrected chi connectivity index (χ0v) is 11.9. The highest BCUT2D eigenvalue weighted by molar-refractivity contribution is 5.90. The molecule has 1 aromatic heterocycles. The number of fused-ring (bicyclic) bond motifs is 1. The van der Waals surface area contributed by atoms with Gasteiger partial charge in [-0.25, -0.2) is 9.48 Å². The first-order valence-electron chi connectivity index (χ1n) is 7.12. The first-order chi connectivity index (χ1) is 10.1. The lowest BCUT2D eigenvalue weighted by Crippen LogP contribution is -2.32. The number of rotatable bonds is 3. The van der Waals surface area contributed by atoms with E-state index in [1.807, 2.05) is 0 Å². The topological polar surface area (TPSA) is 79.8 Å². The molecule has 1 atom stereocenters. The smallest absolute Gasteiger partial charge is 0.343 e. The Morgan fingerprint density at radius 3 is 2.90 bits per heavy atom. The van der Waals surface area contributed by atoms with Crippen LogP contribution in [0.25, 0.3) is 0 Å². The summed E-state index contributed by atoms with van der Waals surface area (Å²) in [5.41, 5.74) is 2.40. The van der Waals surface area contributed by atoms with E-state index in [1.165, 1.54) is 18.2 Å². The molecule has 0 bridgehead atoms. The summed E-state index contributed by atoms with van der Waals surface area (Å²) >= 11 is 0. The number of hydrogen-bond acceptors (Lipinski definition) is 3. The minimum Gasteiger partial charge on any atom is -0.349 e. The van der Waals surface area contributed by atoms with Gasteiger partial charge in [-0.05, 0) is 36.3 Å². The number of benzene rings is 1. The van der Waals surface area contributed by atoms with E-state index >= 15 is 0 Å². The van der Waals surface area contributed by atoms with Gasteiger partial charge in [-0.2, -0.15) is 0 Å². The molecule has 1 aliphatic rings. The standard InChI is InChI=1S/C15H18N4O2/c1-19-15(21)17-13(18-19)14(20)16-9-10-6-7-11-4-2-3-5-12(11)8-10/h2-5,10H,6-9H2,1H3,(H,16,20)(H,17,18,21). The van der Waals surface area contributed by atoms with Gasteiger partial charge in [-0.15, -0.1) is 5.10 Å². The van der Waals surface area contributed by atoms with Gasteiger partial charge in [0.25, 0.3) is 5.91 Å². The molecule has 3 rings (SSSR count). The molecule has 0 saturated carbocycles. The number of aromatic nitrogens is 3. The van der Waals surface area contributed by atoms with Crippen molar-refractivity contribution >= 4 is 5.91 Å². The van der Waals surface area contributed by atoms with Crippen molar-refractivity contribution in [3.8, 4) is 0 Å². The molecular formula is C15H18N4O2. The lowest BCUT2D eigenvalue weighted by atomic mass is 9.84. The van der Waals surface area contributed by atoms with Gasteiger partial charge in [0.05, 0.1) is 0 Å². The quantitative estimate of drug-likeness (QED) is 0.869. The van der Waals surface area contributed by atoms with E-state index in [2.05, 4.69) is 39.7 Å². The minimum absolute atomic E-state index is 0.0682. The van der Waals surface area contributed by atoms with Crippen molar-refractivity contribution in [2.45, 2.75) is 19.3 Å². The monoisotopic (exact) mass is 286 g/mol. The number of carbonyl (C=O) groups excluding carboxylic acids is 1. The van der Waals surface area contributed by atoms with E-state index in [9.17, 15) is 9.59 Å². The van der Waals surface area contributed by atoms with Crippen LogP contribution in [0.5, 0.6) is 0 Å². The molecule has 2 N–H and O–H groups in total. The Morgan fingerprint density at radius 1 is 1.43 bits per heavy atom. The Labute approximate surface area is 122 Å². The van der Waals surface area contributed by atoms with Crippen molar-refractivity contribution in [1.29, 1.82) is 0 Å². The Morgan fingerprint density at radius 2 is 2.19 bits per heavy atom. The molecule has 1 aliphatic carbocycles. The summed E-state index contributed by atoms with van der Waals surface area (Å²) < 4.78 is 1.12. The van der Waals surface area contributed by atoms with Crippen LogP contribution in [0.4, 0.5) is 0 Å². The fourth-order valence-corrected chi connectivity index (χ4v) is 2.77. The predicted octanol–water partition coefficient (Wildman–Crippen LogP) is 0.643. The summed E-state index contributed by atoms with van der Waals surface area (Å²) in [5.74, 6) is 0.171. The largest absolute Gasteiger partial charge is 0.349 e. The summed E-state index contributed by atoms with van der Waals surface area (Å²) in [6, 6.07) is 8.44. The molecule has 1 amide bonds. The van der Waals surface area contributed by atoms with Crippen molar-refractivity contribution in [2.24, 2.45) is 13.0 Å². The maximum atomic E-state index is 11.9. The highest BCUT2D eigenvalue weighted by atomic mass is 16.2. The minimum atomic E-state index is -0.383. The van der Waals surface area contributed by atoms with Crippen LogP contribution in [-0.4, -0.2) is 27.2 Å². The SMILES string of the molecule is Cn1nc(C(=O)NCC2CCc3ccccc3C2)[nH]c1=O. The molecular weight excluding hydrogens is 268 g/mol. The van der Waals surface area contributed by atoms with Crippen molar-refractivity contribution < 1.29 is 4.79 Å². The van der Waals surface area contributed by atoms with E-state index in [1.54, 1.807) is 0 Å². The van der Waals surface area contributed by atoms with Crippen molar-refractivity contribution in [2.75, 3.05) is 6.54 Å². The molecule has 6 nitrogen and oxygen atoms in total. The molecule has 0 fully saturated rings. The van der Waals surface area contributed by atoms with Crippen molar-refractivity contribution in [3.05, 3.63) is 51.7 Å². The molecule has 1 heterocycles. The molecule has 21 heavy (non-hydrogen) atoms. The zero-order valence-electron chi connectivity index (χ0n) is 11.9. The highest BCUT2D eigenvalue weighted by Gasteiger charge is 2.20. The van der Waals surface area contributed by atoms with Crippen LogP contribution in [0.2, 0.25) is 0 Å². The van der Waals surface area contributed by atoms with Gasteiger partial charge in [-0.3, -0.25) is 9.78 Å². The molecule has 0 spiro atoms. The van der Waals surface area contributed by atoms with Gasteiger partial charge in [0.15, 0.2) is 0 Å². The second kappa shape index (κ2) is 5.55. The lowest BCUT2D eigenvalue weighted by molar-refractivity contribution is 0.0935. The van der Waals surface area contributed by atoms with Crippen molar-refractivity contribution in [1.82, 2.24) is 20.1 Å². The second-order valence-electron chi connectivity index (χ2n) is 5.49. The van der Waals surface area contributed by atoms with Gasteiger partial charge >= 0.3 is 5.69 Å². The molecule has 110 valence electrons. The molecule has 6 heteroatoms. The normalized spacial score (nSPS) is 17.3. The molecule has 0 radical (unpaired) electrons. The van der Waals surface area contributed by atoms with Crippen LogP contribution in [0, 0.1) is 5.92 Å². The van der Waals surface area contributed by atoms with Gasteiger partial charge in [-0.1, -0.05) is 24.3 Å². The zero-order chi connectivity index (χ0) is 14.8. The predicted molar refractivity (Wildman–Crippen MR) is 78.1 cm³/mol. The van der Waals surface area contributed by atoms with E-state index in [0.717, 1.165) is 23.9 Å². The second-order valence-corrected chi connectivity index (χ2v) is 5.49. The van der Waals surface area contributed by atoms with Crippen LogP contribution in [0.3, 0.4) is 0 Å². The molecule has 2 aromatic rings. The maximum Gasteiger partial charge on any atom is 0.343 e. The van der Waals surface area contributed by atoms with Gasteiger partial charge in [0.2, 0.25) is 5.82 Å². The summed E-state index contributed by atoms with van der Waals surface area (Å²) in [5, 5.41) is 6.70. The highest BCUT2D eigenvalue weighted by Crippen LogP contribution is 2.24. The number of aryl methyl sites for hydroxylation is 2. The van der Waals surface area contributed by atoms with Crippen LogP contribution in [0.15, 0.2) is 29.1 Å². The van der Waals surface area contributed by atoms with Crippen LogP contribution in [-0.2, 0) is 19.9 Å². The Balaban J connectivity index is 1.59. The number of carbonyl (C=O) groups is 1. The molecule has 1 aromatic carbocycles. The Hall–Kier alpha value is -2.37. The average molecular weight is 286 g/mol. The Kier molecular flexibility index (Phi) is 3.60. The molecule has 1 unspecified atom stereocenters. The molecule has 0 aliphatic heterocycles. The van der Waals surface area contributed by atoms with Crippen LogP contribution >= 0.6 is 0 Å². The third-order valence-electron chi connectivity index (χ3n) is 3.98. The summed E-state index contributed by atoms with van der Waals surface area (Å²) in [4.78, 5) is 25.6. The fraction of sp³-hybridized carbons (Fsp3) is 0.400. The number of amides is 1. The fourth-order valence-electron chi connectivity index (χ4n) is 2.77. The first-order valence-corrected chi connectivity index (χ1v) is 7.12. The van der Waals surface area contributed by atoms with Crippen molar-refractivity contribution in [3.63, 3.8) is 0 Å². The number of nitrogens with one attached hydrogen (secondary N) is 2. The number of hydrogen-bond donors (Lipinski definition) is 2. The van der Waals surface area contributed by atoms with E-state index in [4.69, 9.17) is 0 Å². The maximum absolute atomic E-state index is 11.9.